The monoisotopic (exact) mass is 237 g/mol. The molecule has 0 saturated heterocycles. The molecule has 1 aromatic carbocycles. The molecule has 0 unspecified atom stereocenters. The second-order valence-electron chi connectivity index (χ2n) is 5.44. The minimum absolute atomic E-state index is 0.137. The fraction of sp³-hybridized carbons (Fsp3) is 0.571. The van der Waals surface area contributed by atoms with E-state index >= 15 is 0 Å². The topological polar surface area (TPSA) is 41.5 Å². The number of benzene rings is 1. The van der Waals surface area contributed by atoms with Gasteiger partial charge in [0.05, 0.1) is 6.61 Å². The molecule has 2 N–H and O–H groups in total. The summed E-state index contributed by atoms with van der Waals surface area (Å²) in [5.41, 5.74) is 3.97. The van der Waals surface area contributed by atoms with Crippen LogP contribution in [0.5, 0.6) is 0 Å². The number of aliphatic hydroxyl groups excluding tert-OH is 1. The van der Waals surface area contributed by atoms with Crippen LogP contribution in [0.4, 0.5) is 0 Å². The highest BCUT2D eigenvalue weighted by atomic mass is 16.6. The Balaban J connectivity index is 2.33. The Hall–Kier alpha value is -0.900. The van der Waals surface area contributed by atoms with Gasteiger partial charge in [-0.15, -0.1) is 0 Å². The quantitative estimate of drug-likeness (QED) is 0.774. The molecule has 0 aromatic heterocycles. The summed E-state index contributed by atoms with van der Waals surface area (Å²) in [6.45, 7) is 8.74. The Morgan fingerprint density at radius 2 is 1.82 bits per heavy atom. The molecule has 0 saturated carbocycles. The van der Waals surface area contributed by atoms with E-state index in [1.54, 1.807) is 0 Å². The standard InChI is InChI=1S/C14H23NO2/c1-11(14(2,3)4)15-17-10-13(16)12-8-6-5-7-9-12/h5-9,11,13,15-16H,10H2,1-4H3/t11-,13+/m0/s1. The van der Waals surface area contributed by atoms with E-state index < -0.39 is 6.10 Å². The molecule has 0 spiro atoms. The van der Waals surface area contributed by atoms with Gasteiger partial charge in [0.2, 0.25) is 0 Å². The van der Waals surface area contributed by atoms with E-state index in [-0.39, 0.29) is 18.1 Å². The highest BCUT2D eigenvalue weighted by Crippen LogP contribution is 2.18. The van der Waals surface area contributed by atoms with Gasteiger partial charge in [-0.3, -0.25) is 4.84 Å². The maximum absolute atomic E-state index is 9.87. The number of hydroxylamine groups is 1. The van der Waals surface area contributed by atoms with Gasteiger partial charge in [0.1, 0.15) is 6.10 Å². The summed E-state index contributed by atoms with van der Waals surface area (Å²) in [5.74, 6) is 0. The first-order valence-electron chi connectivity index (χ1n) is 6.01. The number of hydrogen-bond donors (Lipinski definition) is 2. The number of aliphatic hydroxyl groups is 1. The van der Waals surface area contributed by atoms with Crippen LogP contribution in [-0.2, 0) is 4.84 Å². The summed E-state index contributed by atoms with van der Waals surface area (Å²) in [4.78, 5) is 5.34. The second-order valence-corrected chi connectivity index (χ2v) is 5.44. The van der Waals surface area contributed by atoms with Gasteiger partial charge in [0.15, 0.2) is 0 Å². The van der Waals surface area contributed by atoms with Crippen molar-refractivity contribution >= 4 is 0 Å². The molecular formula is C14H23NO2. The van der Waals surface area contributed by atoms with Gasteiger partial charge in [0, 0.05) is 6.04 Å². The molecule has 0 aliphatic heterocycles. The first kappa shape index (κ1) is 14.2. The van der Waals surface area contributed by atoms with Crippen LogP contribution in [0.25, 0.3) is 0 Å². The molecule has 0 radical (unpaired) electrons. The minimum atomic E-state index is -0.587. The number of nitrogens with one attached hydrogen (secondary N) is 1. The zero-order chi connectivity index (χ0) is 12.9. The van der Waals surface area contributed by atoms with Crippen molar-refractivity contribution in [2.75, 3.05) is 6.61 Å². The van der Waals surface area contributed by atoms with Crippen LogP contribution in [0.1, 0.15) is 39.4 Å². The van der Waals surface area contributed by atoms with Gasteiger partial charge in [-0.2, -0.15) is 5.48 Å². The van der Waals surface area contributed by atoms with Crippen LogP contribution in [0.2, 0.25) is 0 Å². The third kappa shape index (κ3) is 4.86. The van der Waals surface area contributed by atoms with Crippen LogP contribution < -0.4 is 5.48 Å². The lowest BCUT2D eigenvalue weighted by Gasteiger charge is -2.28. The zero-order valence-corrected chi connectivity index (χ0v) is 11.1. The number of hydrogen-bond acceptors (Lipinski definition) is 3. The van der Waals surface area contributed by atoms with E-state index in [1.165, 1.54) is 0 Å². The molecule has 0 amide bonds. The third-order valence-corrected chi connectivity index (χ3v) is 2.98. The summed E-state index contributed by atoms with van der Waals surface area (Å²) >= 11 is 0. The van der Waals surface area contributed by atoms with E-state index in [4.69, 9.17) is 4.84 Å². The van der Waals surface area contributed by atoms with E-state index in [0.717, 1.165) is 5.56 Å². The van der Waals surface area contributed by atoms with Gasteiger partial charge in [-0.05, 0) is 17.9 Å². The SMILES string of the molecule is C[C@H](NOC[C@@H](O)c1ccccc1)C(C)(C)C. The van der Waals surface area contributed by atoms with Crippen molar-refractivity contribution in [1.82, 2.24) is 5.48 Å². The highest BCUT2D eigenvalue weighted by molar-refractivity contribution is 5.17. The third-order valence-electron chi connectivity index (χ3n) is 2.98. The van der Waals surface area contributed by atoms with Gasteiger partial charge in [-0.1, -0.05) is 51.1 Å². The average molecular weight is 237 g/mol. The molecule has 1 rings (SSSR count). The first-order chi connectivity index (χ1) is 7.91. The largest absolute Gasteiger partial charge is 0.386 e. The molecule has 3 heteroatoms. The van der Waals surface area contributed by atoms with E-state index in [1.807, 2.05) is 30.3 Å². The Labute approximate surface area is 104 Å². The summed E-state index contributed by atoms with van der Waals surface area (Å²) in [6, 6.07) is 9.75. The molecule has 0 aliphatic rings. The number of rotatable bonds is 5. The van der Waals surface area contributed by atoms with Crippen LogP contribution >= 0.6 is 0 Å². The fourth-order valence-corrected chi connectivity index (χ4v) is 1.20. The normalized spacial score (nSPS) is 15.6. The highest BCUT2D eigenvalue weighted by Gasteiger charge is 2.20. The van der Waals surface area contributed by atoms with Crippen LogP contribution in [0.15, 0.2) is 30.3 Å². The van der Waals surface area contributed by atoms with Crippen molar-refractivity contribution in [3.8, 4) is 0 Å². The van der Waals surface area contributed by atoms with Crippen molar-refractivity contribution in [1.29, 1.82) is 0 Å². The van der Waals surface area contributed by atoms with Crippen molar-refractivity contribution in [3.05, 3.63) is 35.9 Å². The lowest BCUT2D eigenvalue weighted by atomic mass is 9.89. The Morgan fingerprint density at radius 3 is 2.35 bits per heavy atom. The molecule has 0 aliphatic carbocycles. The van der Waals surface area contributed by atoms with E-state index in [2.05, 4.69) is 33.2 Å². The summed E-state index contributed by atoms with van der Waals surface area (Å²) in [6.07, 6.45) is -0.587. The molecule has 1 aromatic rings. The second kappa shape index (κ2) is 6.15. The smallest absolute Gasteiger partial charge is 0.104 e. The fourth-order valence-electron chi connectivity index (χ4n) is 1.20. The maximum Gasteiger partial charge on any atom is 0.104 e. The molecule has 17 heavy (non-hydrogen) atoms. The lowest BCUT2D eigenvalue weighted by Crippen LogP contribution is -2.38. The molecule has 0 bridgehead atoms. The summed E-state index contributed by atoms with van der Waals surface area (Å²) < 4.78 is 0. The lowest BCUT2D eigenvalue weighted by molar-refractivity contribution is -0.0494. The maximum atomic E-state index is 9.87. The van der Waals surface area contributed by atoms with Crippen LogP contribution in [0, 0.1) is 5.41 Å². The molecule has 3 nitrogen and oxygen atoms in total. The van der Waals surface area contributed by atoms with Crippen molar-refractivity contribution in [3.63, 3.8) is 0 Å². The van der Waals surface area contributed by atoms with Crippen LogP contribution in [0.3, 0.4) is 0 Å². The average Bonchev–Trinajstić information content (AvgIpc) is 2.28. The van der Waals surface area contributed by atoms with Gasteiger partial charge in [-0.25, -0.2) is 0 Å². The minimum Gasteiger partial charge on any atom is -0.386 e. The molecule has 0 heterocycles. The molecular weight excluding hydrogens is 214 g/mol. The van der Waals surface area contributed by atoms with Crippen LogP contribution in [-0.4, -0.2) is 17.8 Å². The predicted molar refractivity (Wildman–Crippen MR) is 69.4 cm³/mol. The first-order valence-corrected chi connectivity index (χ1v) is 6.01. The van der Waals surface area contributed by atoms with Gasteiger partial charge >= 0.3 is 0 Å². The molecule has 2 atom stereocenters. The van der Waals surface area contributed by atoms with Crippen molar-refractivity contribution < 1.29 is 9.94 Å². The predicted octanol–water partition coefficient (Wildman–Crippen LogP) is 2.68. The Bertz CT molecular complexity index is 319. The Kier molecular flexibility index (Phi) is 5.12. The summed E-state index contributed by atoms with van der Waals surface area (Å²) in [5, 5.41) is 9.87. The molecule has 96 valence electrons. The van der Waals surface area contributed by atoms with E-state index in [0.29, 0.717) is 0 Å². The van der Waals surface area contributed by atoms with Crippen molar-refractivity contribution in [2.45, 2.75) is 39.8 Å². The van der Waals surface area contributed by atoms with Crippen molar-refractivity contribution in [2.24, 2.45) is 5.41 Å². The van der Waals surface area contributed by atoms with Gasteiger partial charge in [0.25, 0.3) is 0 Å². The van der Waals surface area contributed by atoms with E-state index in [9.17, 15) is 5.11 Å². The zero-order valence-electron chi connectivity index (χ0n) is 11.1. The molecule has 0 fully saturated rings. The summed E-state index contributed by atoms with van der Waals surface area (Å²) in [7, 11) is 0. The Morgan fingerprint density at radius 1 is 1.24 bits per heavy atom. The van der Waals surface area contributed by atoms with Gasteiger partial charge < -0.3 is 5.11 Å².